The number of carboxylic acid groups (broad SMARTS) is 1. The minimum atomic E-state index is -0.865. The van der Waals surface area contributed by atoms with Gasteiger partial charge < -0.3 is 10.0 Å². The van der Waals surface area contributed by atoms with Gasteiger partial charge in [0.25, 0.3) is 5.91 Å². The summed E-state index contributed by atoms with van der Waals surface area (Å²) >= 11 is 2.19. The number of benzene rings is 1. The lowest BCUT2D eigenvalue weighted by atomic mass is 10.2. The number of hydrogen-bond acceptors (Lipinski definition) is 2. The van der Waals surface area contributed by atoms with Crippen LogP contribution in [0.3, 0.4) is 0 Å². The maximum atomic E-state index is 12.3. The maximum Gasteiger partial charge on any atom is 0.305 e. The van der Waals surface area contributed by atoms with Crippen LogP contribution in [0.1, 0.15) is 29.6 Å². The van der Waals surface area contributed by atoms with Crippen LogP contribution >= 0.6 is 22.6 Å². The third-order valence-electron chi connectivity index (χ3n) is 2.91. The van der Waals surface area contributed by atoms with Gasteiger partial charge in [0.2, 0.25) is 0 Å². The van der Waals surface area contributed by atoms with Gasteiger partial charge in [0.05, 0.1) is 6.42 Å². The Balaban J connectivity index is 2.07. The van der Waals surface area contributed by atoms with Gasteiger partial charge in [-0.2, -0.15) is 0 Å². The molecule has 1 N–H and O–H groups in total. The van der Waals surface area contributed by atoms with Crippen molar-refractivity contribution in [1.29, 1.82) is 0 Å². The molecule has 0 atom stereocenters. The third-order valence-corrected chi connectivity index (χ3v) is 3.63. The molecule has 4 nitrogen and oxygen atoms in total. The second-order valence-corrected chi connectivity index (χ2v) is 5.63. The first-order valence-electron chi connectivity index (χ1n) is 5.86. The highest BCUT2D eigenvalue weighted by Crippen LogP contribution is 2.28. The molecule has 0 radical (unpaired) electrons. The average Bonchev–Trinajstić information content (AvgIpc) is 3.14. The molecule has 1 saturated carbocycles. The van der Waals surface area contributed by atoms with E-state index in [2.05, 4.69) is 22.6 Å². The van der Waals surface area contributed by atoms with E-state index in [0.29, 0.717) is 12.1 Å². The molecular weight excluding hydrogens is 345 g/mol. The fourth-order valence-corrected chi connectivity index (χ4v) is 2.17. The summed E-state index contributed by atoms with van der Waals surface area (Å²) in [6, 6.07) is 7.59. The first-order chi connectivity index (χ1) is 8.58. The fraction of sp³-hybridized carbons (Fsp3) is 0.385. The van der Waals surface area contributed by atoms with Gasteiger partial charge in [-0.25, -0.2) is 0 Å². The van der Waals surface area contributed by atoms with Gasteiger partial charge in [-0.3, -0.25) is 9.59 Å². The average molecular weight is 359 g/mol. The predicted octanol–water partition coefficient (Wildman–Crippen LogP) is 2.37. The Kier molecular flexibility index (Phi) is 4.21. The molecule has 1 aromatic rings. The monoisotopic (exact) mass is 359 g/mol. The quantitative estimate of drug-likeness (QED) is 0.822. The number of rotatable bonds is 5. The van der Waals surface area contributed by atoms with E-state index in [0.717, 1.165) is 16.4 Å². The van der Waals surface area contributed by atoms with E-state index in [4.69, 9.17) is 5.11 Å². The zero-order chi connectivity index (χ0) is 13.1. The Labute approximate surface area is 119 Å². The van der Waals surface area contributed by atoms with Gasteiger partial charge in [0, 0.05) is 21.7 Å². The minimum absolute atomic E-state index is 0.00656. The lowest BCUT2D eigenvalue weighted by molar-refractivity contribution is -0.137. The van der Waals surface area contributed by atoms with Crippen LogP contribution in [0.2, 0.25) is 0 Å². The number of hydrogen-bond donors (Lipinski definition) is 1. The van der Waals surface area contributed by atoms with Crippen LogP contribution in [-0.4, -0.2) is 34.5 Å². The van der Waals surface area contributed by atoms with Crippen molar-refractivity contribution >= 4 is 34.5 Å². The van der Waals surface area contributed by atoms with Gasteiger partial charge in [0.1, 0.15) is 0 Å². The van der Waals surface area contributed by atoms with E-state index >= 15 is 0 Å². The highest BCUT2D eigenvalue weighted by atomic mass is 127. The lowest BCUT2D eigenvalue weighted by Crippen LogP contribution is -2.35. The van der Waals surface area contributed by atoms with Crippen molar-refractivity contribution in [2.75, 3.05) is 6.54 Å². The molecule has 0 aliphatic heterocycles. The number of nitrogens with zero attached hydrogens (tertiary/aromatic N) is 1. The Morgan fingerprint density at radius 2 is 1.89 bits per heavy atom. The number of aliphatic carboxylic acids is 1. The summed E-state index contributed by atoms with van der Waals surface area (Å²) in [5.74, 6) is -0.925. The van der Waals surface area contributed by atoms with E-state index in [-0.39, 0.29) is 18.4 Å². The van der Waals surface area contributed by atoms with Crippen molar-refractivity contribution < 1.29 is 14.7 Å². The zero-order valence-electron chi connectivity index (χ0n) is 9.80. The molecule has 1 fully saturated rings. The molecular formula is C13H14INO3. The van der Waals surface area contributed by atoms with Gasteiger partial charge in [-0.1, -0.05) is 0 Å². The summed E-state index contributed by atoms with van der Waals surface area (Å²) in [6.07, 6.45) is 1.97. The standard InChI is InChI=1S/C13H14INO3/c14-10-3-1-9(2-4-10)13(18)15(11-5-6-11)8-7-12(16)17/h1-4,11H,5-8H2,(H,16,17). The highest BCUT2D eigenvalue weighted by Gasteiger charge is 2.33. The number of halogens is 1. The Bertz CT molecular complexity index is 454. The molecule has 0 bridgehead atoms. The summed E-state index contributed by atoms with van der Waals surface area (Å²) in [6.45, 7) is 0.296. The molecule has 5 heteroatoms. The number of carboxylic acids is 1. The Hall–Kier alpha value is -1.11. The normalized spacial score (nSPS) is 14.3. The molecule has 0 unspecified atom stereocenters. The second-order valence-electron chi connectivity index (χ2n) is 4.38. The summed E-state index contributed by atoms with van der Waals surface area (Å²) in [4.78, 5) is 24.6. The first kappa shape index (κ1) is 13.3. The van der Waals surface area contributed by atoms with Crippen molar-refractivity contribution in [2.24, 2.45) is 0 Å². The number of carbonyl (C=O) groups is 2. The molecule has 96 valence electrons. The summed E-state index contributed by atoms with van der Waals surface area (Å²) in [7, 11) is 0. The van der Waals surface area contributed by atoms with Crippen LogP contribution in [-0.2, 0) is 4.79 Å². The van der Waals surface area contributed by atoms with Crippen molar-refractivity contribution in [3.8, 4) is 0 Å². The second kappa shape index (κ2) is 5.69. The van der Waals surface area contributed by atoms with Crippen LogP contribution in [0.4, 0.5) is 0 Å². The number of amides is 1. The lowest BCUT2D eigenvalue weighted by Gasteiger charge is -2.21. The fourth-order valence-electron chi connectivity index (χ4n) is 1.81. The van der Waals surface area contributed by atoms with E-state index in [1.165, 1.54) is 0 Å². The van der Waals surface area contributed by atoms with E-state index < -0.39 is 5.97 Å². The maximum absolute atomic E-state index is 12.3. The molecule has 1 aromatic carbocycles. The summed E-state index contributed by atoms with van der Waals surface area (Å²) in [5, 5.41) is 8.71. The first-order valence-corrected chi connectivity index (χ1v) is 6.94. The summed E-state index contributed by atoms with van der Waals surface area (Å²) < 4.78 is 1.08. The van der Waals surface area contributed by atoms with Crippen LogP contribution in [0.5, 0.6) is 0 Å². The van der Waals surface area contributed by atoms with Crippen LogP contribution < -0.4 is 0 Å². The molecule has 2 rings (SSSR count). The van der Waals surface area contributed by atoms with E-state index in [1.807, 2.05) is 12.1 Å². The highest BCUT2D eigenvalue weighted by molar-refractivity contribution is 14.1. The van der Waals surface area contributed by atoms with Crippen molar-refractivity contribution in [3.05, 3.63) is 33.4 Å². The molecule has 0 spiro atoms. The molecule has 1 aliphatic rings. The zero-order valence-corrected chi connectivity index (χ0v) is 12.0. The van der Waals surface area contributed by atoms with Crippen molar-refractivity contribution in [1.82, 2.24) is 4.90 Å². The topological polar surface area (TPSA) is 57.6 Å². The van der Waals surface area contributed by atoms with Gasteiger partial charge >= 0.3 is 5.97 Å². The van der Waals surface area contributed by atoms with E-state index in [9.17, 15) is 9.59 Å². The predicted molar refractivity (Wildman–Crippen MR) is 75.5 cm³/mol. The Morgan fingerprint density at radius 1 is 1.28 bits per heavy atom. The Morgan fingerprint density at radius 3 is 2.39 bits per heavy atom. The largest absolute Gasteiger partial charge is 0.481 e. The smallest absolute Gasteiger partial charge is 0.305 e. The van der Waals surface area contributed by atoms with Crippen LogP contribution in [0.15, 0.2) is 24.3 Å². The summed E-state index contributed by atoms with van der Waals surface area (Å²) in [5.41, 5.74) is 0.632. The molecule has 18 heavy (non-hydrogen) atoms. The van der Waals surface area contributed by atoms with Crippen molar-refractivity contribution in [2.45, 2.75) is 25.3 Å². The molecule has 1 amide bonds. The van der Waals surface area contributed by atoms with Gasteiger partial charge in [-0.15, -0.1) is 0 Å². The van der Waals surface area contributed by atoms with Crippen LogP contribution in [0.25, 0.3) is 0 Å². The van der Waals surface area contributed by atoms with Gasteiger partial charge in [-0.05, 0) is 59.7 Å². The van der Waals surface area contributed by atoms with Crippen LogP contribution in [0, 0.1) is 3.57 Å². The SMILES string of the molecule is O=C(O)CCN(C(=O)c1ccc(I)cc1)C1CC1. The van der Waals surface area contributed by atoms with Gasteiger partial charge in [0.15, 0.2) is 0 Å². The minimum Gasteiger partial charge on any atom is -0.481 e. The van der Waals surface area contributed by atoms with Crippen molar-refractivity contribution in [3.63, 3.8) is 0 Å². The molecule has 0 saturated heterocycles. The van der Waals surface area contributed by atoms with E-state index in [1.54, 1.807) is 17.0 Å². The molecule has 1 aliphatic carbocycles. The third kappa shape index (κ3) is 3.44. The number of carbonyl (C=O) groups excluding carboxylic acids is 1. The molecule has 0 heterocycles. The molecule has 0 aromatic heterocycles.